The van der Waals surface area contributed by atoms with Crippen molar-refractivity contribution >= 4 is 5.91 Å². The normalized spacial score (nSPS) is 16.2. The van der Waals surface area contributed by atoms with Gasteiger partial charge in [-0.05, 0) is 50.2 Å². The Morgan fingerprint density at radius 2 is 1.96 bits per heavy atom. The summed E-state index contributed by atoms with van der Waals surface area (Å²) >= 11 is 0. The first-order valence-electron chi connectivity index (χ1n) is 8.37. The van der Waals surface area contributed by atoms with Gasteiger partial charge < -0.3 is 18.7 Å². The molecule has 1 saturated heterocycles. The van der Waals surface area contributed by atoms with Gasteiger partial charge >= 0.3 is 0 Å². The van der Waals surface area contributed by atoms with E-state index in [4.69, 9.17) is 13.4 Å². The molecule has 0 saturated carbocycles. The van der Waals surface area contributed by atoms with Crippen molar-refractivity contribution in [2.24, 2.45) is 0 Å². The second-order valence-electron chi connectivity index (χ2n) is 6.04. The van der Waals surface area contributed by atoms with Gasteiger partial charge in [-0.25, -0.2) is 0 Å². The van der Waals surface area contributed by atoms with Crippen LogP contribution in [0, 0.1) is 0 Å². The summed E-state index contributed by atoms with van der Waals surface area (Å²) in [6.45, 7) is 2.47. The van der Waals surface area contributed by atoms with Crippen molar-refractivity contribution in [1.29, 1.82) is 0 Å². The molecule has 1 amide bonds. The van der Waals surface area contributed by atoms with Gasteiger partial charge in [-0.15, -0.1) is 0 Å². The molecule has 1 fully saturated rings. The Labute approximate surface area is 144 Å². The van der Waals surface area contributed by atoms with E-state index >= 15 is 0 Å². The highest BCUT2D eigenvalue weighted by Crippen LogP contribution is 2.25. The number of likely N-dealkylation sites (tertiary alicyclic amines) is 1. The molecule has 25 heavy (non-hydrogen) atoms. The highest BCUT2D eigenvalue weighted by atomic mass is 16.5. The number of hydrogen-bond donors (Lipinski definition) is 1. The van der Waals surface area contributed by atoms with Gasteiger partial charge in [0.2, 0.25) is 5.76 Å². The number of amides is 1. The maximum Gasteiger partial charge on any atom is 0.273 e. The molecule has 0 spiro atoms. The van der Waals surface area contributed by atoms with Crippen molar-refractivity contribution in [3.8, 4) is 11.5 Å². The van der Waals surface area contributed by atoms with Gasteiger partial charge in [0, 0.05) is 12.6 Å². The summed E-state index contributed by atoms with van der Waals surface area (Å²) in [6, 6.07) is 8.92. The van der Waals surface area contributed by atoms with Crippen molar-refractivity contribution in [2.75, 3.05) is 19.6 Å². The number of nitrogens with one attached hydrogen (secondary N) is 1. The second kappa shape index (κ2) is 6.98. The predicted molar refractivity (Wildman–Crippen MR) is 88.8 cm³/mol. The third kappa shape index (κ3) is 3.36. The maximum atomic E-state index is 12.4. The van der Waals surface area contributed by atoms with Crippen molar-refractivity contribution in [2.45, 2.75) is 18.9 Å². The minimum absolute atomic E-state index is 0.0258. The molecule has 1 atom stereocenters. The monoisotopic (exact) mass is 341 g/mol. The second-order valence-corrected chi connectivity index (χ2v) is 6.04. The summed E-state index contributed by atoms with van der Waals surface area (Å²) in [6.07, 6.45) is 5.54. The number of aromatic nitrogens is 1. The van der Waals surface area contributed by atoms with Crippen LogP contribution in [0.5, 0.6) is 0 Å². The van der Waals surface area contributed by atoms with E-state index in [1.807, 2.05) is 12.1 Å². The lowest BCUT2D eigenvalue weighted by molar-refractivity contribution is 0.0925. The van der Waals surface area contributed by atoms with Crippen molar-refractivity contribution in [1.82, 2.24) is 15.4 Å². The molecular formula is C18H19N3O4. The molecule has 3 aromatic rings. The number of rotatable bonds is 6. The standard InChI is InChI=1S/C18H19N3O4/c22-18(13-11-17(25-20-13)16-6-4-10-24-16)19-12-14(15-5-3-9-23-15)21-7-1-2-8-21/h3-6,9-11,14H,1-2,7-8,12H2,(H,19,22). The van der Waals surface area contributed by atoms with Crippen LogP contribution in [-0.2, 0) is 0 Å². The number of nitrogens with zero attached hydrogens (tertiary/aromatic N) is 2. The maximum absolute atomic E-state index is 12.4. The summed E-state index contributed by atoms with van der Waals surface area (Å²) in [5.74, 6) is 1.55. The van der Waals surface area contributed by atoms with E-state index in [2.05, 4.69) is 15.4 Å². The number of carbonyl (C=O) groups excluding carboxylic acids is 1. The molecule has 1 unspecified atom stereocenters. The molecule has 1 aliphatic rings. The Bertz CT molecular complexity index is 801. The highest BCUT2D eigenvalue weighted by molar-refractivity contribution is 5.92. The Kier molecular flexibility index (Phi) is 4.39. The molecule has 7 heteroatoms. The van der Waals surface area contributed by atoms with Crippen molar-refractivity contribution in [3.05, 3.63) is 54.3 Å². The first-order valence-corrected chi connectivity index (χ1v) is 8.37. The average molecular weight is 341 g/mol. The molecule has 1 aliphatic heterocycles. The van der Waals surface area contributed by atoms with Crippen LogP contribution in [0.3, 0.4) is 0 Å². The fraction of sp³-hybridized carbons (Fsp3) is 0.333. The third-order valence-electron chi connectivity index (χ3n) is 4.42. The highest BCUT2D eigenvalue weighted by Gasteiger charge is 2.26. The molecule has 1 N–H and O–H groups in total. The summed E-state index contributed by atoms with van der Waals surface area (Å²) in [4.78, 5) is 14.7. The summed E-state index contributed by atoms with van der Waals surface area (Å²) in [5, 5.41) is 6.76. The largest absolute Gasteiger partial charge is 0.468 e. The number of hydrogen-bond acceptors (Lipinski definition) is 6. The van der Waals surface area contributed by atoms with E-state index < -0.39 is 0 Å². The molecule has 4 rings (SSSR count). The minimum atomic E-state index is -0.280. The van der Waals surface area contributed by atoms with Gasteiger partial charge in [0.25, 0.3) is 5.91 Å². The van der Waals surface area contributed by atoms with Crippen LogP contribution in [0.1, 0.15) is 35.1 Å². The van der Waals surface area contributed by atoms with Gasteiger partial charge in [-0.1, -0.05) is 5.16 Å². The summed E-state index contributed by atoms with van der Waals surface area (Å²) in [5.41, 5.74) is 0.228. The number of carbonyl (C=O) groups is 1. The lowest BCUT2D eigenvalue weighted by Gasteiger charge is -2.25. The fourth-order valence-electron chi connectivity index (χ4n) is 3.14. The third-order valence-corrected chi connectivity index (χ3v) is 4.42. The van der Waals surface area contributed by atoms with Crippen LogP contribution in [0.25, 0.3) is 11.5 Å². The lowest BCUT2D eigenvalue weighted by atomic mass is 10.2. The van der Waals surface area contributed by atoms with Crippen LogP contribution >= 0.6 is 0 Å². The molecule has 3 aromatic heterocycles. The average Bonchev–Trinajstić information content (AvgIpc) is 3.43. The van der Waals surface area contributed by atoms with Gasteiger partial charge in [0.05, 0.1) is 18.6 Å². The zero-order chi connectivity index (χ0) is 17.1. The van der Waals surface area contributed by atoms with Gasteiger partial charge in [0.15, 0.2) is 11.5 Å². The van der Waals surface area contributed by atoms with Gasteiger partial charge in [-0.3, -0.25) is 9.69 Å². The van der Waals surface area contributed by atoms with E-state index in [9.17, 15) is 4.79 Å². The summed E-state index contributed by atoms with van der Waals surface area (Å²) in [7, 11) is 0. The Balaban J connectivity index is 1.43. The quantitative estimate of drug-likeness (QED) is 0.741. The molecule has 0 aliphatic carbocycles. The van der Waals surface area contributed by atoms with Crippen LogP contribution < -0.4 is 5.32 Å². The summed E-state index contributed by atoms with van der Waals surface area (Å²) < 4.78 is 16.0. The van der Waals surface area contributed by atoms with Crippen LogP contribution in [0.15, 0.2) is 56.2 Å². The first kappa shape index (κ1) is 15.7. The first-order chi connectivity index (χ1) is 12.3. The Morgan fingerprint density at radius 3 is 2.68 bits per heavy atom. The van der Waals surface area contributed by atoms with E-state index in [1.54, 1.807) is 30.7 Å². The molecule has 130 valence electrons. The van der Waals surface area contributed by atoms with Crippen LogP contribution in [0.4, 0.5) is 0 Å². The molecule has 4 heterocycles. The Hall–Kier alpha value is -2.80. The molecular weight excluding hydrogens is 322 g/mol. The van der Waals surface area contributed by atoms with E-state index in [0.717, 1.165) is 18.8 Å². The Morgan fingerprint density at radius 1 is 1.16 bits per heavy atom. The van der Waals surface area contributed by atoms with Gasteiger partial charge in [-0.2, -0.15) is 0 Å². The molecule has 0 radical (unpaired) electrons. The minimum Gasteiger partial charge on any atom is -0.468 e. The van der Waals surface area contributed by atoms with E-state index in [1.165, 1.54) is 12.8 Å². The predicted octanol–water partition coefficient (Wildman–Crippen LogP) is 3.09. The van der Waals surface area contributed by atoms with Crippen molar-refractivity contribution < 1.29 is 18.2 Å². The molecule has 0 aromatic carbocycles. The smallest absolute Gasteiger partial charge is 0.273 e. The topological polar surface area (TPSA) is 84.7 Å². The zero-order valence-electron chi connectivity index (χ0n) is 13.7. The lowest BCUT2D eigenvalue weighted by Crippen LogP contribution is -2.36. The van der Waals surface area contributed by atoms with Crippen LogP contribution in [0.2, 0.25) is 0 Å². The SMILES string of the molecule is O=C(NCC(c1ccco1)N1CCCC1)c1cc(-c2ccco2)on1. The molecule has 0 bridgehead atoms. The van der Waals surface area contributed by atoms with E-state index in [-0.39, 0.29) is 17.6 Å². The van der Waals surface area contributed by atoms with Crippen molar-refractivity contribution in [3.63, 3.8) is 0 Å². The molecule has 7 nitrogen and oxygen atoms in total. The zero-order valence-corrected chi connectivity index (χ0v) is 13.7. The van der Waals surface area contributed by atoms with Gasteiger partial charge in [0.1, 0.15) is 5.76 Å². The fourth-order valence-corrected chi connectivity index (χ4v) is 3.14. The number of furan rings is 2. The van der Waals surface area contributed by atoms with E-state index in [0.29, 0.717) is 18.1 Å². The van der Waals surface area contributed by atoms with Crippen LogP contribution in [-0.4, -0.2) is 35.6 Å².